The van der Waals surface area contributed by atoms with Crippen molar-refractivity contribution in [3.63, 3.8) is 0 Å². The molecule has 0 aromatic carbocycles. The fourth-order valence-electron chi connectivity index (χ4n) is 2.33. The molecule has 0 bridgehead atoms. The number of ketones is 1. The van der Waals surface area contributed by atoms with Crippen LogP contribution in [0, 0.1) is 0 Å². The number of amides is 2. The Morgan fingerprint density at radius 2 is 2.08 bits per heavy atom. The molecule has 1 unspecified atom stereocenters. The van der Waals surface area contributed by atoms with Gasteiger partial charge in [-0.1, -0.05) is 17.3 Å². The van der Waals surface area contributed by atoms with E-state index in [-0.39, 0.29) is 17.7 Å². The number of carbonyl (C=O) groups is 3. The van der Waals surface area contributed by atoms with Crippen LogP contribution in [0.15, 0.2) is 52.7 Å². The highest BCUT2D eigenvalue weighted by atomic mass is 32.1. The molecule has 1 atom stereocenters. The molecule has 0 fully saturated rings. The maximum absolute atomic E-state index is 12.6. The molecule has 3 rings (SSSR count). The molecule has 0 aliphatic carbocycles. The lowest BCUT2D eigenvalue weighted by Gasteiger charge is -2.15. The van der Waals surface area contributed by atoms with Gasteiger partial charge in [-0.15, -0.1) is 11.3 Å². The summed E-state index contributed by atoms with van der Waals surface area (Å²) in [6.07, 6.45) is 2.88. The van der Waals surface area contributed by atoms with Gasteiger partial charge < -0.3 is 15.6 Å². The van der Waals surface area contributed by atoms with E-state index in [2.05, 4.69) is 15.5 Å². The van der Waals surface area contributed by atoms with Gasteiger partial charge in [-0.2, -0.15) is 0 Å². The van der Waals surface area contributed by atoms with Crippen molar-refractivity contribution in [1.82, 2.24) is 15.5 Å². The Labute approximate surface area is 152 Å². The molecule has 26 heavy (non-hydrogen) atoms. The minimum atomic E-state index is -1.11. The maximum atomic E-state index is 12.6. The highest BCUT2D eigenvalue weighted by Gasteiger charge is 2.28. The summed E-state index contributed by atoms with van der Waals surface area (Å²) in [5.74, 6) is -2.59. The molecule has 0 saturated carbocycles. The van der Waals surface area contributed by atoms with E-state index in [1.165, 1.54) is 11.3 Å². The minimum absolute atomic E-state index is 0.108. The van der Waals surface area contributed by atoms with Crippen LogP contribution in [0.5, 0.6) is 0 Å². The number of rotatable bonds is 7. The van der Waals surface area contributed by atoms with Gasteiger partial charge in [0.1, 0.15) is 23.6 Å². The number of carbonyl (C=O) groups excluding carboxylic acids is 3. The Kier molecular flexibility index (Phi) is 5.18. The molecule has 0 spiro atoms. The number of nitrogens with zero attached hydrogens (tertiary/aromatic N) is 2. The fourth-order valence-corrected chi connectivity index (χ4v) is 3.08. The van der Waals surface area contributed by atoms with E-state index in [9.17, 15) is 14.4 Å². The van der Waals surface area contributed by atoms with Crippen molar-refractivity contribution in [2.24, 2.45) is 5.73 Å². The number of hydrogen-bond acceptors (Lipinski definition) is 7. The van der Waals surface area contributed by atoms with Gasteiger partial charge in [-0.25, -0.2) is 0 Å². The summed E-state index contributed by atoms with van der Waals surface area (Å²) in [6, 6.07) is 7.68. The van der Waals surface area contributed by atoms with Gasteiger partial charge in [0.25, 0.3) is 11.8 Å². The van der Waals surface area contributed by atoms with Crippen LogP contribution in [0.2, 0.25) is 0 Å². The van der Waals surface area contributed by atoms with E-state index in [0.29, 0.717) is 5.69 Å². The molecular formula is C17H14N4O4S. The molecule has 0 aliphatic heterocycles. The largest absolute Gasteiger partial charge is 0.363 e. The Morgan fingerprint density at radius 3 is 2.73 bits per heavy atom. The predicted octanol–water partition coefficient (Wildman–Crippen LogP) is 1.19. The summed E-state index contributed by atoms with van der Waals surface area (Å²) in [5.41, 5.74) is 5.90. The van der Waals surface area contributed by atoms with Gasteiger partial charge in [0.05, 0.1) is 5.69 Å². The molecule has 3 N–H and O–H groups in total. The number of Topliss-reactive ketones (excluding diaryl/α,β-unsaturated/α-hetero) is 1. The average molecular weight is 370 g/mol. The maximum Gasteiger partial charge on any atom is 0.287 e. The molecule has 3 aromatic heterocycles. The molecular weight excluding hydrogens is 356 g/mol. The second-order valence-corrected chi connectivity index (χ2v) is 6.36. The standard InChI is InChI=1S/C17H14N4O4S/c18-16(23)15(22)13(8-10-4-3-7-26-10)20-17(24)11-9-25-21-14(11)12-5-1-2-6-19-12/h1-7,9,13H,8H2,(H2,18,23)(H,20,24). The topological polar surface area (TPSA) is 128 Å². The Morgan fingerprint density at radius 1 is 1.23 bits per heavy atom. The zero-order chi connectivity index (χ0) is 18.5. The number of nitrogens with one attached hydrogen (secondary N) is 1. The Balaban J connectivity index is 1.83. The third kappa shape index (κ3) is 3.83. The van der Waals surface area contributed by atoms with Crippen molar-refractivity contribution in [2.45, 2.75) is 12.5 Å². The van der Waals surface area contributed by atoms with Crippen LogP contribution in [-0.2, 0) is 16.0 Å². The summed E-state index contributed by atoms with van der Waals surface area (Å²) in [6.45, 7) is 0. The number of hydrogen-bond donors (Lipinski definition) is 2. The van der Waals surface area contributed by atoms with Crippen LogP contribution >= 0.6 is 11.3 Å². The summed E-state index contributed by atoms with van der Waals surface area (Å²) < 4.78 is 4.89. The Hall–Kier alpha value is -3.33. The average Bonchev–Trinajstić information content (AvgIpc) is 3.32. The third-order valence-electron chi connectivity index (χ3n) is 3.57. The molecule has 132 valence electrons. The van der Waals surface area contributed by atoms with Crippen LogP contribution in [0.3, 0.4) is 0 Å². The molecule has 0 radical (unpaired) electrons. The van der Waals surface area contributed by atoms with E-state index in [0.717, 1.165) is 11.1 Å². The first-order chi connectivity index (χ1) is 12.6. The zero-order valence-corrected chi connectivity index (χ0v) is 14.2. The summed E-state index contributed by atoms with van der Waals surface area (Å²) in [5, 5.41) is 8.17. The number of thiophene rings is 1. The molecule has 8 nitrogen and oxygen atoms in total. The lowest BCUT2D eigenvalue weighted by molar-refractivity contribution is -0.137. The summed E-state index contributed by atoms with van der Waals surface area (Å²) in [7, 11) is 0. The number of nitrogens with two attached hydrogens (primary N) is 1. The smallest absolute Gasteiger partial charge is 0.287 e. The van der Waals surface area contributed by atoms with Crippen molar-refractivity contribution in [3.8, 4) is 11.4 Å². The number of primary amides is 1. The van der Waals surface area contributed by atoms with Gasteiger partial charge in [0, 0.05) is 17.5 Å². The normalized spacial score (nSPS) is 11.7. The highest BCUT2D eigenvalue weighted by Crippen LogP contribution is 2.20. The van der Waals surface area contributed by atoms with Crippen molar-refractivity contribution >= 4 is 28.9 Å². The first-order valence-corrected chi connectivity index (χ1v) is 8.47. The molecule has 0 saturated heterocycles. The van der Waals surface area contributed by atoms with Crippen molar-refractivity contribution in [2.75, 3.05) is 0 Å². The van der Waals surface area contributed by atoms with Gasteiger partial charge in [-0.05, 0) is 23.6 Å². The highest BCUT2D eigenvalue weighted by molar-refractivity contribution is 7.09. The van der Waals surface area contributed by atoms with Crippen molar-refractivity contribution in [3.05, 3.63) is 58.6 Å². The van der Waals surface area contributed by atoms with Crippen LogP contribution in [0.4, 0.5) is 0 Å². The zero-order valence-electron chi connectivity index (χ0n) is 13.4. The number of pyridine rings is 1. The van der Waals surface area contributed by atoms with Crippen molar-refractivity contribution in [1.29, 1.82) is 0 Å². The van der Waals surface area contributed by atoms with E-state index in [4.69, 9.17) is 10.3 Å². The lowest BCUT2D eigenvalue weighted by atomic mass is 10.1. The quantitative estimate of drug-likeness (QED) is 0.601. The third-order valence-corrected chi connectivity index (χ3v) is 4.47. The lowest BCUT2D eigenvalue weighted by Crippen LogP contribution is -2.47. The molecule has 2 amide bonds. The second kappa shape index (κ2) is 7.70. The van der Waals surface area contributed by atoms with E-state index in [1.54, 1.807) is 30.5 Å². The van der Waals surface area contributed by atoms with Crippen LogP contribution in [0.1, 0.15) is 15.2 Å². The van der Waals surface area contributed by atoms with Crippen LogP contribution in [-0.4, -0.2) is 33.8 Å². The van der Waals surface area contributed by atoms with Gasteiger partial charge in [0.15, 0.2) is 0 Å². The first kappa shape index (κ1) is 17.5. The summed E-state index contributed by atoms with van der Waals surface area (Å²) in [4.78, 5) is 41.0. The minimum Gasteiger partial charge on any atom is -0.363 e. The first-order valence-electron chi connectivity index (χ1n) is 7.59. The SMILES string of the molecule is NC(=O)C(=O)C(Cc1cccs1)NC(=O)c1conc1-c1ccccn1. The van der Waals surface area contributed by atoms with Gasteiger partial charge in [-0.3, -0.25) is 19.4 Å². The van der Waals surface area contributed by atoms with Gasteiger partial charge in [0.2, 0.25) is 5.78 Å². The van der Waals surface area contributed by atoms with Crippen LogP contribution in [0.25, 0.3) is 11.4 Å². The number of aromatic nitrogens is 2. The fraction of sp³-hybridized carbons (Fsp3) is 0.118. The van der Waals surface area contributed by atoms with Crippen LogP contribution < -0.4 is 11.1 Å². The molecule has 3 aromatic rings. The molecule has 9 heteroatoms. The van der Waals surface area contributed by atoms with E-state index in [1.807, 2.05) is 11.4 Å². The van der Waals surface area contributed by atoms with E-state index >= 15 is 0 Å². The predicted molar refractivity (Wildman–Crippen MR) is 93.2 cm³/mol. The molecule has 0 aliphatic rings. The van der Waals surface area contributed by atoms with E-state index < -0.39 is 23.6 Å². The Bertz CT molecular complexity index is 921. The second-order valence-electron chi connectivity index (χ2n) is 5.33. The molecule has 3 heterocycles. The van der Waals surface area contributed by atoms with Crippen molar-refractivity contribution < 1.29 is 18.9 Å². The summed E-state index contributed by atoms with van der Waals surface area (Å²) >= 11 is 1.41. The van der Waals surface area contributed by atoms with Gasteiger partial charge >= 0.3 is 0 Å². The monoisotopic (exact) mass is 370 g/mol.